The van der Waals surface area contributed by atoms with Gasteiger partial charge in [-0.25, -0.2) is 0 Å². The number of rotatable bonds is 2. The molecule has 106 valence electrons. The van der Waals surface area contributed by atoms with Crippen LogP contribution in [0.2, 0.25) is 5.02 Å². The highest BCUT2D eigenvalue weighted by molar-refractivity contribution is 9.10. The van der Waals surface area contributed by atoms with Crippen LogP contribution in [0, 0.1) is 0 Å². The average Bonchev–Trinajstić information content (AvgIpc) is 2.85. The fraction of sp³-hybridized carbons (Fsp3) is 0. The SMILES string of the molecule is O=c1[nH]c(-c2cc(Br)cs2)nc(O)c1-c1cccc(Cl)c1. The first-order valence-electron chi connectivity index (χ1n) is 5.88. The Morgan fingerprint density at radius 1 is 1.33 bits per heavy atom. The predicted octanol–water partition coefficient (Wildman–Crippen LogP) is 4.29. The van der Waals surface area contributed by atoms with Crippen molar-refractivity contribution in [1.29, 1.82) is 0 Å². The minimum Gasteiger partial charge on any atom is -0.493 e. The molecule has 4 nitrogen and oxygen atoms in total. The van der Waals surface area contributed by atoms with Crippen molar-refractivity contribution in [3.63, 3.8) is 0 Å². The number of aromatic amines is 1. The zero-order valence-electron chi connectivity index (χ0n) is 10.4. The second-order valence-corrected chi connectivity index (χ2v) is 6.52. The second kappa shape index (κ2) is 5.63. The summed E-state index contributed by atoms with van der Waals surface area (Å²) in [7, 11) is 0. The molecule has 0 fully saturated rings. The number of aromatic nitrogens is 2. The summed E-state index contributed by atoms with van der Waals surface area (Å²) in [6.45, 7) is 0. The summed E-state index contributed by atoms with van der Waals surface area (Å²) < 4.78 is 0.892. The second-order valence-electron chi connectivity index (χ2n) is 4.25. The summed E-state index contributed by atoms with van der Waals surface area (Å²) in [5, 5.41) is 12.5. The molecule has 0 aliphatic heterocycles. The highest BCUT2D eigenvalue weighted by Crippen LogP contribution is 2.30. The summed E-state index contributed by atoms with van der Waals surface area (Å²) in [4.78, 5) is 19.8. The molecule has 3 aromatic rings. The maximum absolute atomic E-state index is 12.2. The van der Waals surface area contributed by atoms with Crippen LogP contribution >= 0.6 is 38.9 Å². The molecule has 0 radical (unpaired) electrons. The van der Waals surface area contributed by atoms with Crippen LogP contribution in [0.3, 0.4) is 0 Å². The molecule has 0 spiro atoms. The Morgan fingerprint density at radius 3 is 2.76 bits per heavy atom. The number of aromatic hydroxyl groups is 1. The Labute approximate surface area is 137 Å². The lowest BCUT2D eigenvalue weighted by Crippen LogP contribution is -2.11. The van der Waals surface area contributed by atoms with Crippen LogP contribution in [0.15, 0.2) is 45.0 Å². The smallest absolute Gasteiger partial charge is 0.262 e. The molecule has 0 saturated carbocycles. The number of halogens is 2. The van der Waals surface area contributed by atoms with Crippen LogP contribution in [-0.4, -0.2) is 15.1 Å². The molecule has 21 heavy (non-hydrogen) atoms. The van der Waals surface area contributed by atoms with Crippen LogP contribution in [0.25, 0.3) is 21.8 Å². The monoisotopic (exact) mass is 382 g/mol. The van der Waals surface area contributed by atoms with Crippen molar-refractivity contribution in [2.24, 2.45) is 0 Å². The van der Waals surface area contributed by atoms with E-state index in [1.807, 2.05) is 11.4 Å². The van der Waals surface area contributed by atoms with Gasteiger partial charge in [-0.05, 0) is 39.7 Å². The van der Waals surface area contributed by atoms with Gasteiger partial charge in [-0.2, -0.15) is 4.98 Å². The fourth-order valence-electron chi connectivity index (χ4n) is 1.92. The molecule has 3 rings (SSSR count). The van der Waals surface area contributed by atoms with E-state index in [4.69, 9.17) is 11.6 Å². The topological polar surface area (TPSA) is 66.0 Å². The van der Waals surface area contributed by atoms with Crippen LogP contribution in [-0.2, 0) is 0 Å². The largest absolute Gasteiger partial charge is 0.493 e. The number of hydrogen-bond acceptors (Lipinski definition) is 4. The zero-order valence-corrected chi connectivity index (χ0v) is 13.6. The molecular weight excluding hydrogens is 376 g/mol. The van der Waals surface area contributed by atoms with Gasteiger partial charge in [0.25, 0.3) is 5.56 Å². The fourth-order valence-corrected chi connectivity index (χ4v) is 3.48. The summed E-state index contributed by atoms with van der Waals surface area (Å²) in [5.41, 5.74) is 0.217. The first-order valence-corrected chi connectivity index (χ1v) is 7.93. The molecule has 0 atom stereocenters. The molecule has 2 heterocycles. The van der Waals surface area contributed by atoms with Crippen LogP contribution in [0.4, 0.5) is 0 Å². The van der Waals surface area contributed by atoms with E-state index in [2.05, 4.69) is 25.9 Å². The zero-order chi connectivity index (χ0) is 15.0. The molecule has 7 heteroatoms. The molecule has 0 aliphatic rings. The number of benzene rings is 1. The van der Waals surface area contributed by atoms with Gasteiger partial charge in [0.2, 0.25) is 5.88 Å². The van der Waals surface area contributed by atoms with Crippen molar-refractivity contribution in [1.82, 2.24) is 9.97 Å². The predicted molar refractivity (Wildman–Crippen MR) is 88.0 cm³/mol. The molecule has 0 aliphatic carbocycles. The lowest BCUT2D eigenvalue weighted by Gasteiger charge is -2.05. The van der Waals surface area contributed by atoms with Gasteiger partial charge < -0.3 is 10.1 Å². The van der Waals surface area contributed by atoms with E-state index < -0.39 is 5.56 Å². The van der Waals surface area contributed by atoms with E-state index in [1.54, 1.807) is 24.3 Å². The average molecular weight is 384 g/mol. The third-order valence-corrected chi connectivity index (χ3v) is 4.75. The van der Waals surface area contributed by atoms with Crippen LogP contribution in [0.1, 0.15) is 0 Å². The van der Waals surface area contributed by atoms with Crippen molar-refractivity contribution in [2.75, 3.05) is 0 Å². The summed E-state index contributed by atoms with van der Waals surface area (Å²) >= 11 is 10.7. The maximum atomic E-state index is 12.2. The van der Waals surface area contributed by atoms with Crippen LogP contribution in [0.5, 0.6) is 5.88 Å². The molecule has 0 unspecified atom stereocenters. The van der Waals surface area contributed by atoms with Crippen LogP contribution < -0.4 is 5.56 Å². The Balaban J connectivity index is 2.15. The number of nitrogens with one attached hydrogen (secondary N) is 1. The highest BCUT2D eigenvalue weighted by Gasteiger charge is 2.15. The summed E-state index contributed by atoms with van der Waals surface area (Å²) in [6, 6.07) is 8.53. The van der Waals surface area contributed by atoms with E-state index in [9.17, 15) is 9.90 Å². The number of thiophene rings is 1. The molecule has 2 aromatic heterocycles. The normalized spacial score (nSPS) is 10.8. The Hall–Kier alpha value is -1.63. The summed E-state index contributed by atoms with van der Waals surface area (Å²) in [5.74, 6) is 0.0134. The lowest BCUT2D eigenvalue weighted by molar-refractivity contribution is 0.454. The van der Waals surface area contributed by atoms with Gasteiger partial charge in [-0.3, -0.25) is 4.79 Å². The van der Waals surface area contributed by atoms with Gasteiger partial charge in [0.15, 0.2) is 5.82 Å². The quantitative estimate of drug-likeness (QED) is 0.694. The van der Waals surface area contributed by atoms with E-state index >= 15 is 0 Å². The molecular formula is C14H8BrClN2O2S. The van der Waals surface area contributed by atoms with E-state index in [0.29, 0.717) is 16.4 Å². The van der Waals surface area contributed by atoms with Gasteiger partial charge in [0, 0.05) is 14.9 Å². The number of hydrogen-bond donors (Lipinski definition) is 2. The van der Waals surface area contributed by atoms with Gasteiger partial charge >= 0.3 is 0 Å². The van der Waals surface area contributed by atoms with E-state index in [1.165, 1.54) is 11.3 Å². The van der Waals surface area contributed by atoms with Gasteiger partial charge in [-0.15, -0.1) is 11.3 Å². The molecule has 0 bridgehead atoms. The van der Waals surface area contributed by atoms with Gasteiger partial charge in [-0.1, -0.05) is 23.7 Å². The lowest BCUT2D eigenvalue weighted by atomic mass is 10.1. The first-order chi connectivity index (χ1) is 10.0. The Morgan fingerprint density at radius 2 is 2.14 bits per heavy atom. The van der Waals surface area contributed by atoms with Gasteiger partial charge in [0.05, 0.1) is 4.88 Å². The maximum Gasteiger partial charge on any atom is 0.262 e. The molecule has 0 amide bonds. The van der Waals surface area contributed by atoms with Crippen molar-refractivity contribution in [2.45, 2.75) is 0 Å². The highest BCUT2D eigenvalue weighted by atomic mass is 79.9. The molecule has 2 N–H and O–H groups in total. The first kappa shape index (κ1) is 14.3. The number of nitrogens with zero attached hydrogens (tertiary/aromatic N) is 1. The third kappa shape index (κ3) is 2.88. The Kier molecular flexibility index (Phi) is 3.84. The minimum atomic E-state index is -0.413. The molecule has 0 saturated heterocycles. The van der Waals surface area contributed by atoms with Crippen molar-refractivity contribution >= 4 is 38.9 Å². The van der Waals surface area contributed by atoms with E-state index in [-0.39, 0.29) is 11.4 Å². The third-order valence-electron chi connectivity index (χ3n) is 2.81. The Bertz CT molecular complexity index is 875. The van der Waals surface area contributed by atoms with Crippen molar-refractivity contribution in [3.05, 3.63) is 55.6 Å². The standard InChI is InChI=1S/C14H8BrClN2O2S/c15-8-5-10(21-6-8)12-17-13(19)11(14(20)18-12)7-2-1-3-9(16)4-7/h1-6H,(H2,17,18,19,20). The molecule has 1 aromatic carbocycles. The van der Waals surface area contributed by atoms with Gasteiger partial charge in [0.1, 0.15) is 5.56 Å². The van der Waals surface area contributed by atoms with E-state index in [0.717, 1.165) is 9.35 Å². The number of H-pyrrole nitrogens is 1. The minimum absolute atomic E-state index is 0.108. The van der Waals surface area contributed by atoms with Crippen molar-refractivity contribution < 1.29 is 5.11 Å². The van der Waals surface area contributed by atoms with Crippen molar-refractivity contribution in [3.8, 4) is 27.7 Å². The summed E-state index contributed by atoms with van der Waals surface area (Å²) in [6.07, 6.45) is 0.